The molecular formula is C23H19NOSSi. The van der Waals surface area contributed by atoms with Gasteiger partial charge in [0.25, 0.3) is 0 Å². The zero-order chi connectivity index (χ0) is 18.4. The molecule has 2 nitrogen and oxygen atoms in total. The van der Waals surface area contributed by atoms with Crippen molar-refractivity contribution in [2.45, 2.75) is 0 Å². The predicted octanol–water partition coefficient (Wildman–Crippen LogP) is 3.77. The van der Waals surface area contributed by atoms with Gasteiger partial charge < -0.3 is 4.53 Å². The van der Waals surface area contributed by atoms with Crippen molar-refractivity contribution in [3.05, 3.63) is 113 Å². The van der Waals surface area contributed by atoms with E-state index in [0.717, 1.165) is 4.88 Å². The largest absolute Gasteiger partial charge is 0.438 e. The summed E-state index contributed by atoms with van der Waals surface area (Å²) in [6.07, 6.45) is 1.81. The first-order valence-electron chi connectivity index (χ1n) is 8.81. The van der Waals surface area contributed by atoms with Crippen molar-refractivity contribution in [1.82, 2.24) is 0 Å². The van der Waals surface area contributed by atoms with Gasteiger partial charge in [0.1, 0.15) is 0 Å². The third-order valence-electron chi connectivity index (χ3n) is 4.45. The molecule has 0 aliphatic rings. The maximum absolute atomic E-state index is 6.48. The van der Waals surface area contributed by atoms with E-state index in [2.05, 4.69) is 78.0 Å². The summed E-state index contributed by atoms with van der Waals surface area (Å²) in [6.45, 7) is 0. The molecule has 4 heteroatoms. The van der Waals surface area contributed by atoms with Crippen LogP contribution in [0.15, 0.2) is 114 Å². The maximum Gasteiger partial charge on any atom is 0.380 e. The predicted molar refractivity (Wildman–Crippen MR) is 117 cm³/mol. The molecule has 0 radical (unpaired) electrons. The Labute approximate surface area is 164 Å². The average Bonchev–Trinajstić information content (AvgIpc) is 3.27. The van der Waals surface area contributed by atoms with E-state index in [4.69, 9.17) is 4.53 Å². The number of hydrogen-bond donors (Lipinski definition) is 0. The molecule has 1 aromatic heterocycles. The highest BCUT2D eigenvalue weighted by molar-refractivity contribution is 7.11. The third-order valence-corrected chi connectivity index (χ3v) is 9.08. The van der Waals surface area contributed by atoms with E-state index < -0.39 is 8.32 Å². The topological polar surface area (TPSA) is 21.6 Å². The molecule has 0 aliphatic heterocycles. The summed E-state index contributed by atoms with van der Waals surface area (Å²) in [7, 11) is -2.75. The molecule has 0 N–H and O–H groups in total. The maximum atomic E-state index is 6.48. The van der Waals surface area contributed by atoms with E-state index in [1.54, 1.807) is 17.6 Å². The average molecular weight is 386 g/mol. The van der Waals surface area contributed by atoms with E-state index in [0.29, 0.717) is 0 Å². The molecule has 0 spiro atoms. The zero-order valence-electron chi connectivity index (χ0n) is 14.7. The lowest BCUT2D eigenvalue weighted by Gasteiger charge is -2.29. The van der Waals surface area contributed by atoms with Gasteiger partial charge in [0, 0.05) is 4.88 Å². The Bertz CT molecular complexity index is 890. The highest BCUT2D eigenvalue weighted by Crippen LogP contribution is 2.11. The van der Waals surface area contributed by atoms with Gasteiger partial charge in [-0.1, -0.05) is 97.1 Å². The molecule has 4 rings (SSSR count). The monoisotopic (exact) mass is 385 g/mol. The van der Waals surface area contributed by atoms with Crippen molar-refractivity contribution in [2.24, 2.45) is 5.16 Å². The summed E-state index contributed by atoms with van der Waals surface area (Å²) in [5.74, 6) is 0. The second-order valence-electron chi connectivity index (χ2n) is 6.12. The van der Waals surface area contributed by atoms with Crippen LogP contribution >= 0.6 is 11.3 Å². The lowest BCUT2D eigenvalue weighted by atomic mass is 10.3. The second kappa shape index (κ2) is 8.16. The number of benzene rings is 3. The van der Waals surface area contributed by atoms with Crippen LogP contribution in [-0.4, -0.2) is 14.5 Å². The summed E-state index contributed by atoms with van der Waals surface area (Å²) in [6, 6.07) is 35.4. The number of oxime groups is 1. The number of rotatable bonds is 6. The quantitative estimate of drug-likeness (QED) is 0.214. The van der Waals surface area contributed by atoms with Gasteiger partial charge in [-0.3, -0.25) is 0 Å². The van der Waals surface area contributed by atoms with Crippen molar-refractivity contribution in [3.63, 3.8) is 0 Å². The normalized spacial score (nSPS) is 11.6. The summed E-state index contributed by atoms with van der Waals surface area (Å²) in [4.78, 5) is 1.08. The minimum atomic E-state index is -2.75. The Balaban J connectivity index is 1.89. The SMILES string of the molecule is C(=N\O[Si](c1ccccc1)(c1ccccc1)c1ccccc1)/c1cccs1. The molecule has 0 saturated carbocycles. The van der Waals surface area contributed by atoms with E-state index in [-0.39, 0.29) is 0 Å². The van der Waals surface area contributed by atoms with E-state index in [1.807, 2.05) is 35.7 Å². The van der Waals surface area contributed by atoms with Crippen LogP contribution in [0.5, 0.6) is 0 Å². The molecule has 4 aromatic rings. The molecule has 132 valence electrons. The molecule has 0 aliphatic carbocycles. The Morgan fingerprint density at radius 3 is 1.52 bits per heavy atom. The highest BCUT2D eigenvalue weighted by Gasteiger charge is 2.44. The first-order valence-corrected chi connectivity index (χ1v) is 11.6. The van der Waals surface area contributed by atoms with E-state index in [9.17, 15) is 0 Å². The van der Waals surface area contributed by atoms with Crippen LogP contribution in [0.25, 0.3) is 0 Å². The Kier molecular flexibility index (Phi) is 5.28. The molecule has 0 saturated heterocycles. The van der Waals surface area contributed by atoms with E-state index >= 15 is 0 Å². The fourth-order valence-corrected chi connectivity index (χ4v) is 7.29. The lowest BCUT2D eigenvalue weighted by Crippen LogP contribution is -2.68. The highest BCUT2D eigenvalue weighted by atomic mass is 32.1. The van der Waals surface area contributed by atoms with Gasteiger partial charge in [0.15, 0.2) is 0 Å². The molecule has 1 heterocycles. The number of hydrogen-bond acceptors (Lipinski definition) is 3. The Morgan fingerprint density at radius 2 is 1.11 bits per heavy atom. The van der Waals surface area contributed by atoms with Crippen LogP contribution < -0.4 is 15.6 Å². The van der Waals surface area contributed by atoms with E-state index in [1.165, 1.54) is 15.6 Å². The molecule has 0 unspecified atom stereocenters. The van der Waals surface area contributed by atoms with Crippen LogP contribution in [0.1, 0.15) is 4.88 Å². The molecule has 0 bridgehead atoms. The molecule has 0 atom stereocenters. The van der Waals surface area contributed by atoms with Crippen molar-refractivity contribution in [3.8, 4) is 0 Å². The standard InChI is InChI=1S/C23H19NOSSi/c1-4-12-21(13-5-1)27(22-14-6-2-7-15-22,23-16-8-3-9-17-23)25-24-19-20-11-10-18-26-20/h1-19H/b24-19+. The van der Waals surface area contributed by atoms with Gasteiger partial charge in [-0.25, -0.2) is 0 Å². The third kappa shape index (κ3) is 3.63. The van der Waals surface area contributed by atoms with Crippen molar-refractivity contribution in [1.29, 1.82) is 0 Å². The summed E-state index contributed by atoms with van der Waals surface area (Å²) in [5.41, 5.74) is 0. The first-order chi connectivity index (χ1) is 13.4. The molecule has 0 fully saturated rings. The summed E-state index contributed by atoms with van der Waals surface area (Å²) < 4.78 is 6.48. The number of nitrogens with zero attached hydrogens (tertiary/aromatic N) is 1. The smallest absolute Gasteiger partial charge is 0.380 e. The molecular weight excluding hydrogens is 366 g/mol. The molecule has 0 amide bonds. The lowest BCUT2D eigenvalue weighted by molar-refractivity contribution is 0.351. The van der Waals surface area contributed by atoms with Gasteiger partial charge in [0.2, 0.25) is 0 Å². The van der Waals surface area contributed by atoms with Crippen LogP contribution in [0.3, 0.4) is 0 Å². The summed E-state index contributed by atoms with van der Waals surface area (Å²) in [5, 5.41) is 10.0. The van der Waals surface area contributed by atoms with Crippen molar-refractivity contribution >= 4 is 41.4 Å². The van der Waals surface area contributed by atoms with Gasteiger partial charge in [-0.05, 0) is 27.0 Å². The van der Waals surface area contributed by atoms with Gasteiger partial charge >= 0.3 is 8.32 Å². The number of thiophene rings is 1. The minimum absolute atomic E-state index is 1.08. The van der Waals surface area contributed by atoms with Gasteiger partial charge in [-0.15, -0.1) is 16.5 Å². The van der Waals surface area contributed by atoms with Crippen molar-refractivity contribution in [2.75, 3.05) is 0 Å². The minimum Gasteiger partial charge on any atom is -0.438 e. The van der Waals surface area contributed by atoms with Gasteiger partial charge in [0.05, 0.1) is 6.21 Å². The zero-order valence-corrected chi connectivity index (χ0v) is 16.5. The summed E-state index contributed by atoms with van der Waals surface area (Å²) >= 11 is 1.65. The van der Waals surface area contributed by atoms with Crippen LogP contribution in [0.2, 0.25) is 0 Å². The first kappa shape index (κ1) is 17.5. The fourth-order valence-electron chi connectivity index (χ4n) is 3.20. The van der Waals surface area contributed by atoms with Crippen LogP contribution in [0, 0.1) is 0 Å². The molecule has 27 heavy (non-hydrogen) atoms. The molecule has 3 aromatic carbocycles. The van der Waals surface area contributed by atoms with Crippen LogP contribution in [-0.2, 0) is 4.53 Å². The Morgan fingerprint density at radius 1 is 0.630 bits per heavy atom. The Hall–Kier alpha value is -2.95. The van der Waals surface area contributed by atoms with Crippen molar-refractivity contribution < 1.29 is 4.53 Å². The van der Waals surface area contributed by atoms with Crippen LogP contribution in [0.4, 0.5) is 0 Å². The van der Waals surface area contributed by atoms with Gasteiger partial charge in [-0.2, -0.15) is 0 Å². The fraction of sp³-hybridized carbons (Fsp3) is 0. The second-order valence-corrected chi connectivity index (χ2v) is 10.4.